The minimum Gasteiger partial charge on any atom is -0.443 e. The predicted molar refractivity (Wildman–Crippen MR) is 130 cm³/mol. The van der Waals surface area contributed by atoms with Crippen LogP contribution in [0.2, 0.25) is 16.6 Å². The summed E-state index contributed by atoms with van der Waals surface area (Å²) in [6.45, 7) is 22.6. The van der Waals surface area contributed by atoms with E-state index in [-0.39, 0.29) is 12.0 Å². The Morgan fingerprint density at radius 2 is 1.75 bits per heavy atom. The standard InChI is InChI=1S/C25H45NO5Si/c1-11-13-25-14-12-20(31-32(16(2)3,17(4)5)18(6)7)19(15-25)21(27)22(28)26(25)23(29)30-24(8,9)10/h11,16-21,27H,1,12-15H2,2-10H3/t19-,20+,21-,25+/m1/s1. The molecule has 2 rings (SSSR count). The van der Waals surface area contributed by atoms with Crippen LogP contribution in [0.3, 0.4) is 0 Å². The third kappa shape index (κ3) is 4.85. The summed E-state index contributed by atoms with van der Waals surface area (Å²) in [5.74, 6) is -0.908. The number of nitrogens with zero attached hydrogens (tertiary/aromatic N) is 1. The number of carbonyl (C=O) groups is 2. The molecular weight excluding hydrogens is 422 g/mol. The summed E-state index contributed by atoms with van der Waals surface area (Å²) in [7, 11) is -2.18. The van der Waals surface area contributed by atoms with Crippen LogP contribution in [0.4, 0.5) is 4.79 Å². The number of carbonyl (C=O) groups excluding carboxylic acids is 2. The number of aliphatic hydroxyl groups excluding tert-OH is 1. The maximum atomic E-state index is 13.4. The molecule has 0 unspecified atom stereocenters. The number of rotatable bonds is 7. The van der Waals surface area contributed by atoms with Gasteiger partial charge in [0.05, 0.1) is 11.6 Å². The molecule has 1 heterocycles. The van der Waals surface area contributed by atoms with Gasteiger partial charge in [0.15, 0.2) is 0 Å². The predicted octanol–water partition coefficient (Wildman–Crippen LogP) is 5.80. The fraction of sp³-hybridized carbons (Fsp3) is 0.840. The normalized spacial score (nSPS) is 29.1. The lowest BCUT2D eigenvalue weighted by Gasteiger charge is -2.56. The van der Waals surface area contributed by atoms with E-state index >= 15 is 0 Å². The van der Waals surface area contributed by atoms with Gasteiger partial charge in [0.2, 0.25) is 8.32 Å². The lowest BCUT2D eigenvalue weighted by atomic mass is 9.66. The molecule has 1 saturated carbocycles. The van der Waals surface area contributed by atoms with Crippen molar-refractivity contribution in [3.63, 3.8) is 0 Å². The largest absolute Gasteiger partial charge is 0.443 e. The molecule has 0 spiro atoms. The van der Waals surface area contributed by atoms with E-state index in [1.165, 1.54) is 4.90 Å². The number of hydrogen-bond donors (Lipinski definition) is 1. The first-order valence-electron chi connectivity index (χ1n) is 12.2. The van der Waals surface area contributed by atoms with E-state index in [0.29, 0.717) is 42.3 Å². The Bertz CT molecular complexity index is 692. The van der Waals surface area contributed by atoms with Crippen LogP contribution in [-0.4, -0.2) is 53.7 Å². The zero-order valence-corrected chi connectivity index (χ0v) is 22.6. The highest BCUT2D eigenvalue weighted by Gasteiger charge is 2.59. The van der Waals surface area contributed by atoms with Crippen LogP contribution in [-0.2, 0) is 14.0 Å². The molecular formula is C25H45NO5Si. The number of fused-ring (bicyclic) bond motifs is 2. The second-order valence-electron chi connectivity index (χ2n) is 11.7. The van der Waals surface area contributed by atoms with E-state index in [4.69, 9.17) is 9.16 Å². The Labute approximate surface area is 195 Å². The van der Waals surface area contributed by atoms with Crippen LogP contribution in [0.5, 0.6) is 0 Å². The van der Waals surface area contributed by atoms with Gasteiger partial charge in [0, 0.05) is 5.92 Å². The molecule has 2 bridgehead atoms. The molecule has 2 aliphatic rings. The van der Waals surface area contributed by atoms with Crippen molar-refractivity contribution in [1.82, 2.24) is 4.90 Å². The van der Waals surface area contributed by atoms with E-state index in [2.05, 4.69) is 48.1 Å². The van der Waals surface area contributed by atoms with E-state index < -0.39 is 37.6 Å². The van der Waals surface area contributed by atoms with Crippen molar-refractivity contribution in [2.75, 3.05) is 0 Å². The highest BCUT2D eigenvalue weighted by Crippen LogP contribution is 2.51. The zero-order valence-electron chi connectivity index (χ0n) is 21.6. The molecule has 0 aromatic carbocycles. The summed E-state index contributed by atoms with van der Waals surface area (Å²) in [6, 6.07) is 0. The summed E-state index contributed by atoms with van der Waals surface area (Å²) >= 11 is 0. The van der Waals surface area contributed by atoms with Crippen molar-refractivity contribution >= 4 is 20.3 Å². The summed E-state index contributed by atoms with van der Waals surface area (Å²) < 4.78 is 12.6. The van der Waals surface area contributed by atoms with E-state index in [1.54, 1.807) is 26.8 Å². The summed E-state index contributed by atoms with van der Waals surface area (Å²) in [4.78, 5) is 27.6. The van der Waals surface area contributed by atoms with Gasteiger partial charge in [-0.1, -0.05) is 47.6 Å². The topological polar surface area (TPSA) is 76.1 Å². The van der Waals surface area contributed by atoms with E-state index in [0.717, 1.165) is 0 Å². The molecule has 0 aromatic heterocycles. The van der Waals surface area contributed by atoms with E-state index in [9.17, 15) is 14.7 Å². The average Bonchev–Trinajstić information content (AvgIpc) is 2.63. The quantitative estimate of drug-likeness (QED) is 0.378. The van der Waals surface area contributed by atoms with Crippen LogP contribution in [0, 0.1) is 5.92 Å². The SMILES string of the molecule is C=CC[C@]12CC[C@H](O[Si](C(C)C)(C(C)C)C(C)C)[C@@H](C1)[C@@H](O)C(=O)N2C(=O)OC(C)(C)C. The fourth-order valence-electron chi connectivity index (χ4n) is 6.32. The smallest absolute Gasteiger partial charge is 0.417 e. The summed E-state index contributed by atoms with van der Waals surface area (Å²) in [6.07, 6.45) is 1.92. The Balaban J connectivity index is 2.42. The van der Waals surface area contributed by atoms with Crippen molar-refractivity contribution in [2.45, 2.75) is 128 Å². The van der Waals surface area contributed by atoms with Gasteiger partial charge in [-0.3, -0.25) is 4.79 Å². The van der Waals surface area contributed by atoms with Gasteiger partial charge in [-0.2, -0.15) is 0 Å². The third-order valence-corrected chi connectivity index (χ3v) is 13.6. The van der Waals surface area contributed by atoms with Gasteiger partial charge in [-0.05, 0) is 63.1 Å². The minimum atomic E-state index is -2.18. The Morgan fingerprint density at radius 3 is 2.19 bits per heavy atom. The molecule has 2 fully saturated rings. The molecule has 184 valence electrons. The summed E-state index contributed by atoms with van der Waals surface area (Å²) in [5.41, 5.74) is -0.208. The molecule has 1 saturated heterocycles. The number of hydrogen-bond acceptors (Lipinski definition) is 5. The molecule has 0 radical (unpaired) electrons. The molecule has 1 aliphatic heterocycles. The number of ether oxygens (including phenoxy) is 1. The number of imide groups is 1. The van der Waals surface area contributed by atoms with Crippen molar-refractivity contribution < 1.29 is 23.9 Å². The second kappa shape index (κ2) is 9.59. The van der Waals surface area contributed by atoms with Gasteiger partial charge in [0.1, 0.15) is 11.7 Å². The number of piperidine rings is 1. The van der Waals surface area contributed by atoms with Crippen molar-refractivity contribution in [1.29, 1.82) is 0 Å². The number of likely N-dealkylation sites (tertiary alicyclic amines) is 1. The van der Waals surface area contributed by atoms with Crippen molar-refractivity contribution in [3.05, 3.63) is 12.7 Å². The number of aliphatic hydroxyl groups is 1. The highest BCUT2D eigenvalue weighted by atomic mass is 28.4. The fourth-order valence-corrected chi connectivity index (χ4v) is 12.0. The Kier molecular flexibility index (Phi) is 8.11. The van der Waals surface area contributed by atoms with Crippen LogP contribution < -0.4 is 0 Å². The third-order valence-electron chi connectivity index (χ3n) is 7.50. The molecule has 1 N–H and O–H groups in total. The minimum absolute atomic E-state index is 0.188. The highest BCUT2D eigenvalue weighted by molar-refractivity contribution is 6.77. The van der Waals surface area contributed by atoms with Gasteiger partial charge < -0.3 is 14.3 Å². The second-order valence-corrected chi connectivity index (χ2v) is 17.1. The van der Waals surface area contributed by atoms with Gasteiger partial charge >= 0.3 is 6.09 Å². The first-order valence-corrected chi connectivity index (χ1v) is 14.3. The maximum absolute atomic E-state index is 13.4. The lowest BCUT2D eigenvalue weighted by molar-refractivity contribution is -0.171. The Morgan fingerprint density at radius 1 is 1.22 bits per heavy atom. The molecule has 2 amide bonds. The summed E-state index contributed by atoms with van der Waals surface area (Å²) in [5, 5.41) is 11.1. The molecule has 1 aliphatic carbocycles. The molecule has 7 heteroatoms. The first kappa shape index (κ1) is 27.1. The monoisotopic (exact) mass is 467 g/mol. The van der Waals surface area contributed by atoms with Crippen molar-refractivity contribution in [3.8, 4) is 0 Å². The molecule has 32 heavy (non-hydrogen) atoms. The first-order chi connectivity index (χ1) is 14.6. The van der Waals surface area contributed by atoms with Crippen molar-refractivity contribution in [2.24, 2.45) is 5.92 Å². The van der Waals surface area contributed by atoms with Crippen LogP contribution in [0.15, 0.2) is 12.7 Å². The molecule has 6 nitrogen and oxygen atoms in total. The van der Waals surface area contributed by atoms with E-state index in [1.807, 2.05) is 0 Å². The van der Waals surface area contributed by atoms with Gasteiger partial charge in [-0.25, -0.2) is 9.69 Å². The lowest BCUT2D eigenvalue weighted by Crippen LogP contribution is -2.69. The van der Waals surface area contributed by atoms with Gasteiger partial charge in [0.25, 0.3) is 5.91 Å². The molecule has 0 aromatic rings. The number of amides is 2. The Hall–Kier alpha value is -1.18. The van der Waals surface area contributed by atoms with Crippen LogP contribution in [0.1, 0.15) is 88.0 Å². The van der Waals surface area contributed by atoms with Crippen LogP contribution in [0.25, 0.3) is 0 Å². The maximum Gasteiger partial charge on any atom is 0.417 e. The molecule has 4 atom stereocenters. The average molecular weight is 468 g/mol. The zero-order chi connectivity index (χ0) is 24.6. The van der Waals surface area contributed by atoms with Crippen LogP contribution >= 0.6 is 0 Å². The van der Waals surface area contributed by atoms with Gasteiger partial charge in [-0.15, -0.1) is 6.58 Å².